The number of carbonyl (C=O) groups is 1. The summed E-state index contributed by atoms with van der Waals surface area (Å²) in [7, 11) is 3.23. The number of amides is 1. The molecule has 33 heavy (non-hydrogen) atoms. The second kappa shape index (κ2) is 10.2. The number of benzene rings is 2. The van der Waals surface area contributed by atoms with Crippen molar-refractivity contribution < 1.29 is 14.3 Å². The number of rotatable bonds is 7. The van der Waals surface area contributed by atoms with Gasteiger partial charge in [-0.25, -0.2) is 0 Å². The van der Waals surface area contributed by atoms with Gasteiger partial charge < -0.3 is 19.7 Å². The number of ether oxygens (including phenoxy) is 2. The van der Waals surface area contributed by atoms with Gasteiger partial charge in [0.25, 0.3) is 5.56 Å². The van der Waals surface area contributed by atoms with Gasteiger partial charge in [0.15, 0.2) is 0 Å². The summed E-state index contributed by atoms with van der Waals surface area (Å²) in [4.78, 5) is 27.1. The van der Waals surface area contributed by atoms with Crippen LogP contribution in [0.4, 0.5) is 5.82 Å². The summed E-state index contributed by atoms with van der Waals surface area (Å²) in [6.07, 6.45) is 1.47. The van der Waals surface area contributed by atoms with Crippen LogP contribution in [0.1, 0.15) is 18.4 Å². The van der Waals surface area contributed by atoms with E-state index < -0.39 is 0 Å². The van der Waals surface area contributed by atoms with Crippen molar-refractivity contribution in [3.63, 3.8) is 0 Å². The van der Waals surface area contributed by atoms with Crippen LogP contribution in [0.25, 0.3) is 5.69 Å². The van der Waals surface area contributed by atoms with Crippen molar-refractivity contribution in [1.82, 2.24) is 15.1 Å². The van der Waals surface area contributed by atoms with E-state index in [2.05, 4.69) is 15.3 Å². The lowest BCUT2D eigenvalue weighted by molar-refractivity contribution is -0.125. The number of nitrogens with zero attached hydrogens (tertiary/aromatic N) is 3. The first-order valence-corrected chi connectivity index (χ1v) is 11.0. The van der Waals surface area contributed by atoms with Gasteiger partial charge in [-0.2, -0.15) is 4.68 Å². The lowest BCUT2D eigenvalue weighted by atomic mass is 9.96. The van der Waals surface area contributed by atoms with Gasteiger partial charge in [0.2, 0.25) is 5.91 Å². The van der Waals surface area contributed by atoms with Crippen LogP contribution < -0.4 is 25.2 Å². The summed E-state index contributed by atoms with van der Waals surface area (Å²) < 4.78 is 11.7. The lowest BCUT2D eigenvalue weighted by Gasteiger charge is -2.32. The number of anilines is 1. The van der Waals surface area contributed by atoms with E-state index in [1.54, 1.807) is 44.6 Å². The molecule has 0 saturated carbocycles. The molecule has 0 aliphatic carbocycles. The van der Waals surface area contributed by atoms with Crippen molar-refractivity contribution >= 4 is 11.7 Å². The summed E-state index contributed by atoms with van der Waals surface area (Å²) in [5.74, 6) is 2.27. The first-order chi connectivity index (χ1) is 16.1. The summed E-state index contributed by atoms with van der Waals surface area (Å²) in [5, 5.41) is 7.60. The van der Waals surface area contributed by atoms with Crippen molar-refractivity contribution in [3.05, 3.63) is 76.6 Å². The van der Waals surface area contributed by atoms with Gasteiger partial charge in [-0.1, -0.05) is 12.1 Å². The van der Waals surface area contributed by atoms with Crippen LogP contribution >= 0.6 is 0 Å². The highest BCUT2D eigenvalue weighted by Crippen LogP contribution is 2.22. The van der Waals surface area contributed by atoms with Gasteiger partial charge in [0, 0.05) is 31.6 Å². The topological polar surface area (TPSA) is 85.7 Å². The van der Waals surface area contributed by atoms with Gasteiger partial charge in [-0.15, -0.1) is 5.10 Å². The molecule has 172 valence electrons. The Morgan fingerprint density at radius 1 is 0.939 bits per heavy atom. The minimum absolute atomic E-state index is 0.0352. The molecule has 4 rings (SSSR count). The molecule has 1 saturated heterocycles. The van der Waals surface area contributed by atoms with Gasteiger partial charge in [0.05, 0.1) is 19.9 Å². The molecule has 8 nitrogen and oxygen atoms in total. The Kier molecular flexibility index (Phi) is 6.92. The van der Waals surface area contributed by atoms with E-state index in [0.717, 1.165) is 35.7 Å². The SMILES string of the molecule is COc1ccc(CNC(=O)C2CCN(c3ccc(=O)n(-c4ccc(OC)cc4)n3)CC2)cc1. The maximum atomic E-state index is 12.6. The highest BCUT2D eigenvalue weighted by molar-refractivity contribution is 5.79. The number of aromatic nitrogens is 2. The Morgan fingerprint density at radius 3 is 2.15 bits per heavy atom. The zero-order valence-corrected chi connectivity index (χ0v) is 18.9. The Hall–Kier alpha value is -3.81. The minimum atomic E-state index is -0.197. The number of hydrogen-bond acceptors (Lipinski definition) is 6. The highest BCUT2D eigenvalue weighted by Gasteiger charge is 2.25. The number of hydrogen-bond donors (Lipinski definition) is 1. The maximum absolute atomic E-state index is 12.6. The van der Waals surface area contributed by atoms with Gasteiger partial charge in [-0.05, 0) is 60.9 Å². The fraction of sp³-hybridized carbons (Fsp3) is 0.320. The van der Waals surface area contributed by atoms with Gasteiger partial charge in [-0.3, -0.25) is 9.59 Å². The predicted octanol–water partition coefficient (Wildman–Crippen LogP) is 2.78. The van der Waals surface area contributed by atoms with Crippen LogP contribution in [-0.2, 0) is 11.3 Å². The average Bonchev–Trinajstić information content (AvgIpc) is 2.88. The van der Waals surface area contributed by atoms with E-state index in [-0.39, 0.29) is 17.4 Å². The Bertz CT molecular complexity index is 1130. The van der Waals surface area contributed by atoms with Crippen molar-refractivity contribution in [2.24, 2.45) is 5.92 Å². The molecule has 0 spiro atoms. The summed E-state index contributed by atoms with van der Waals surface area (Å²) in [5.41, 5.74) is 1.51. The molecule has 2 heterocycles. The van der Waals surface area contributed by atoms with Crippen LogP contribution in [0, 0.1) is 5.92 Å². The minimum Gasteiger partial charge on any atom is -0.497 e. The average molecular weight is 449 g/mol. The second-order valence-electron chi connectivity index (χ2n) is 7.97. The number of carbonyl (C=O) groups excluding carboxylic acids is 1. The van der Waals surface area contributed by atoms with E-state index in [4.69, 9.17) is 9.47 Å². The standard InChI is InChI=1S/C25H28N4O4/c1-32-21-7-3-18(4-8-21)17-26-25(31)19-13-15-28(16-14-19)23-11-12-24(30)29(27-23)20-5-9-22(33-2)10-6-20/h3-12,19H,13-17H2,1-2H3,(H,26,31). The van der Waals surface area contributed by atoms with Crippen molar-refractivity contribution in [2.45, 2.75) is 19.4 Å². The predicted molar refractivity (Wildman–Crippen MR) is 126 cm³/mol. The molecule has 1 fully saturated rings. The fourth-order valence-electron chi connectivity index (χ4n) is 3.93. The molecule has 3 aromatic rings. The van der Waals surface area contributed by atoms with Crippen LogP contribution in [0.2, 0.25) is 0 Å². The molecule has 0 atom stereocenters. The van der Waals surface area contributed by atoms with Crippen molar-refractivity contribution in [2.75, 3.05) is 32.2 Å². The molecule has 2 aromatic carbocycles. The Balaban J connectivity index is 1.35. The van der Waals surface area contributed by atoms with Crippen LogP contribution in [0.15, 0.2) is 65.5 Å². The summed E-state index contributed by atoms with van der Waals surface area (Å²) >= 11 is 0. The zero-order valence-electron chi connectivity index (χ0n) is 18.9. The molecule has 1 N–H and O–H groups in total. The van der Waals surface area contributed by atoms with Gasteiger partial charge in [0.1, 0.15) is 17.3 Å². The smallest absolute Gasteiger partial charge is 0.271 e. The molecule has 0 radical (unpaired) electrons. The normalized spacial score (nSPS) is 14.1. The monoisotopic (exact) mass is 448 g/mol. The van der Waals surface area contributed by atoms with Crippen molar-refractivity contribution in [3.8, 4) is 17.2 Å². The van der Waals surface area contributed by atoms with E-state index in [0.29, 0.717) is 25.3 Å². The number of methoxy groups -OCH3 is 2. The quantitative estimate of drug-likeness (QED) is 0.598. The first-order valence-electron chi connectivity index (χ1n) is 11.0. The Morgan fingerprint density at radius 2 is 1.55 bits per heavy atom. The fourth-order valence-corrected chi connectivity index (χ4v) is 3.93. The van der Waals surface area contributed by atoms with Crippen LogP contribution in [0.5, 0.6) is 11.5 Å². The van der Waals surface area contributed by atoms with Crippen LogP contribution in [-0.4, -0.2) is 43.0 Å². The lowest BCUT2D eigenvalue weighted by Crippen LogP contribution is -2.41. The molecule has 8 heteroatoms. The zero-order chi connectivity index (χ0) is 23.2. The molecular formula is C25H28N4O4. The Labute approximate surface area is 192 Å². The van der Waals surface area contributed by atoms with E-state index in [1.165, 1.54) is 10.7 Å². The van der Waals surface area contributed by atoms with E-state index >= 15 is 0 Å². The summed E-state index contributed by atoms with van der Waals surface area (Å²) in [6.45, 7) is 1.90. The van der Waals surface area contributed by atoms with E-state index in [1.807, 2.05) is 24.3 Å². The van der Waals surface area contributed by atoms with Crippen molar-refractivity contribution in [1.29, 1.82) is 0 Å². The largest absolute Gasteiger partial charge is 0.497 e. The molecule has 0 bridgehead atoms. The summed E-state index contributed by atoms with van der Waals surface area (Å²) in [6, 6.07) is 18.1. The highest BCUT2D eigenvalue weighted by atomic mass is 16.5. The first kappa shape index (κ1) is 22.4. The third kappa shape index (κ3) is 5.34. The van der Waals surface area contributed by atoms with Crippen LogP contribution in [0.3, 0.4) is 0 Å². The number of piperidine rings is 1. The molecule has 1 aliphatic heterocycles. The maximum Gasteiger partial charge on any atom is 0.271 e. The third-order valence-corrected chi connectivity index (χ3v) is 5.92. The van der Waals surface area contributed by atoms with Gasteiger partial charge >= 0.3 is 0 Å². The third-order valence-electron chi connectivity index (χ3n) is 5.92. The number of nitrogens with one attached hydrogen (secondary N) is 1. The van der Waals surface area contributed by atoms with E-state index in [9.17, 15) is 9.59 Å². The molecule has 0 unspecified atom stereocenters. The second-order valence-corrected chi connectivity index (χ2v) is 7.97. The molecule has 1 amide bonds. The molecule has 1 aromatic heterocycles. The molecule has 1 aliphatic rings. The molecular weight excluding hydrogens is 420 g/mol.